The molecular weight excluding hydrogens is 925 g/mol. The van der Waals surface area contributed by atoms with Gasteiger partial charge in [0.2, 0.25) is 0 Å². The van der Waals surface area contributed by atoms with Crippen LogP contribution in [0.25, 0.3) is 132 Å². The fraction of sp³-hybridized carbons (Fsp3) is 0.0571. The zero-order valence-corrected chi connectivity index (χ0v) is 42.0. The quantitative estimate of drug-likeness (QED) is 0.172. The summed E-state index contributed by atoms with van der Waals surface area (Å²) >= 11 is 0. The smallest absolute Gasteiger partial charge is 0.104 e. The summed E-state index contributed by atoms with van der Waals surface area (Å²) in [5, 5.41) is 35.8. The van der Waals surface area contributed by atoms with E-state index in [0.717, 1.165) is 115 Å². The number of fused-ring (bicyclic) bond motifs is 14. The van der Waals surface area contributed by atoms with Crippen molar-refractivity contribution in [3.63, 3.8) is 0 Å². The zero-order valence-electron chi connectivity index (χ0n) is 42.0. The SMILES string of the molecule is CC(C)(C)c1cc2c3ccccc3n(-c3c(C#N)c(-n4c5ccccc5c5ccccc54)c(-c4ccc5ccccc5c4)c(-n4c5ccccc5c5ccccc54)c3C#N)c2c2c3ccccc3n(-c3ccccc3)c12. The molecule has 0 N–H and O–H groups in total. The average molecular weight is 971 g/mol. The van der Waals surface area contributed by atoms with Gasteiger partial charge >= 0.3 is 0 Å². The summed E-state index contributed by atoms with van der Waals surface area (Å²) in [5.74, 6) is 0. The molecule has 15 aromatic rings. The van der Waals surface area contributed by atoms with E-state index >= 15 is 0 Å². The molecule has 0 amide bonds. The normalized spacial score (nSPS) is 12.1. The molecule has 356 valence electrons. The van der Waals surface area contributed by atoms with Crippen LogP contribution in [0.1, 0.15) is 37.5 Å². The van der Waals surface area contributed by atoms with E-state index in [2.05, 4.69) is 276 Å². The van der Waals surface area contributed by atoms with E-state index in [1.165, 1.54) is 5.56 Å². The van der Waals surface area contributed by atoms with E-state index < -0.39 is 0 Å². The molecule has 6 nitrogen and oxygen atoms in total. The van der Waals surface area contributed by atoms with Gasteiger partial charge in [0.1, 0.15) is 23.3 Å². The van der Waals surface area contributed by atoms with Gasteiger partial charge in [-0.05, 0) is 88.0 Å². The first kappa shape index (κ1) is 43.4. The van der Waals surface area contributed by atoms with E-state index in [1.54, 1.807) is 0 Å². The first-order valence-electron chi connectivity index (χ1n) is 25.9. The van der Waals surface area contributed by atoms with Crippen LogP contribution in [-0.2, 0) is 5.41 Å². The zero-order chi connectivity index (χ0) is 51.0. The molecule has 0 aliphatic rings. The van der Waals surface area contributed by atoms with Gasteiger partial charge in [-0.2, -0.15) is 10.5 Å². The van der Waals surface area contributed by atoms with Crippen LogP contribution in [0.5, 0.6) is 0 Å². The molecule has 76 heavy (non-hydrogen) atoms. The lowest BCUT2D eigenvalue weighted by molar-refractivity contribution is 0.594. The lowest BCUT2D eigenvalue weighted by Crippen LogP contribution is -2.15. The van der Waals surface area contributed by atoms with E-state index in [1.807, 2.05) is 0 Å². The minimum absolute atomic E-state index is 0.291. The summed E-state index contributed by atoms with van der Waals surface area (Å²) in [6.45, 7) is 6.88. The monoisotopic (exact) mass is 970 g/mol. The third kappa shape index (κ3) is 5.95. The molecule has 4 heterocycles. The van der Waals surface area contributed by atoms with Gasteiger partial charge in [-0.15, -0.1) is 0 Å². The molecule has 15 rings (SSSR count). The van der Waals surface area contributed by atoms with Crippen LogP contribution in [0.4, 0.5) is 0 Å². The van der Waals surface area contributed by atoms with Crippen molar-refractivity contribution in [2.45, 2.75) is 26.2 Å². The third-order valence-corrected chi connectivity index (χ3v) is 15.9. The lowest BCUT2D eigenvalue weighted by atomic mass is 9.84. The molecule has 0 aliphatic carbocycles. The van der Waals surface area contributed by atoms with Gasteiger partial charge < -0.3 is 18.3 Å². The maximum Gasteiger partial charge on any atom is 0.104 e. The fourth-order valence-corrected chi connectivity index (χ4v) is 12.8. The van der Waals surface area contributed by atoms with E-state index in [-0.39, 0.29) is 5.41 Å². The van der Waals surface area contributed by atoms with Crippen molar-refractivity contribution in [2.75, 3.05) is 0 Å². The summed E-state index contributed by atoms with van der Waals surface area (Å²) in [6, 6.07) is 85.1. The Morgan fingerprint density at radius 3 is 1.24 bits per heavy atom. The number of hydrogen-bond acceptors (Lipinski definition) is 2. The molecule has 0 atom stereocenters. The van der Waals surface area contributed by atoms with Gasteiger partial charge in [0.15, 0.2) is 0 Å². The van der Waals surface area contributed by atoms with Gasteiger partial charge in [0.05, 0.1) is 61.2 Å². The van der Waals surface area contributed by atoms with E-state index in [0.29, 0.717) is 28.2 Å². The second-order valence-corrected chi connectivity index (χ2v) is 21.0. The van der Waals surface area contributed by atoms with Crippen molar-refractivity contribution in [1.29, 1.82) is 10.5 Å². The van der Waals surface area contributed by atoms with E-state index in [9.17, 15) is 10.5 Å². The first-order chi connectivity index (χ1) is 37.3. The molecule has 4 aromatic heterocycles. The number of aromatic nitrogens is 4. The second-order valence-electron chi connectivity index (χ2n) is 21.0. The summed E-state index contributed by atoms with van der Waals surface area (Å²) in [4.78, 5) is 0. The van der Waals surface area contributed by atoms with E-state index in [4.69, 9.17) is 0 Å². The number of nitriles is 2. The van der Waals surface area contributed by atoms with Gasteiger partial charge in [0, 0.05) is 54.3 Å². The van der Waals surface area contributed by atoms with Crippen molar-refractivity contribution in [3.8, 4) is 46.0 Å². The minimum Gasteiger partial charge on any atom is -0.309 e. The van der Waals surface area contributed by atoms with Crippen LogP contribution in [0, 0.1) is 22.7 Å². The summed E-state index contributed by atoms with van der Waals surface area (Å²) in [7, 11) is 0. The molecule has 0 spiro atoms. The largest absolute Gasteiger partial charge is 0.309 e. The Bertz CT molecular complexity index is 4800. The topological polar surface area (TPSA) is 67.3 Å². The maximum absolute atomic E-state index is 12.6. The van der Waals surface area contributed by atoms with Gasteiger partial charge in [0.25, 0.3) is 0 Å². The number of benzene rings is 11. The van der Waals surface area contributed by atoms with Gasteiger partial charge in [-0.1, -0.05) is 185 Å². The Kier molecular flexibility index (Phi) is 9.25. The summed E-state index contributed by atoms with van der Waals surface area (Å²) < 4.78 is 9.31. The minimum atomic E-state index is -0.291. The van der Waals surface area contributed by atoms with Crippen LogP contribution in [-0.4, -0.2) is 18.3 Å². The van der Waals surface area contributed by atoms with Crippen LogP contribution < -0.4 is 0 Å². The fourth-order valence-electron chi connectivity index (χ4n) is 12.8. The van der Waals surface area contributed by atoms with Crippen molar-refractivity contribution in [2.24, 2.45) is 0 Å². The Morgan fingerprint density at radius 2 is 0.750 bits per heavy atom. The van der Waals surface area contributed by atoms with Crippen LogP contribution in [0.15, 0.2) is 224 Å². The number of hydrogen-bond donors (Lipinski definition) is 0. The highest BCUT2D eigenvalue weighted by atomic mass is 15.1. The van der Waals surface area contributed by atoms with Crippen molar-refractivity contribution >= 4 is 98.0 Å². The molecule has 0 saturated carbocycles. The Hall–Kier alpha value is -10.1. The Labute approximate surface area is 438 Å². The maximum atomic E-state index is 12.6. The number of para-hydroxylation sites is 7. The third-order valence-electron chi connectivity index (χ3n) is 15.9. The predicted molar refractivity (Wildman–Crippen MR) is 315 cm³/mol. The molecule has 0 saturated heterocycles. The van der Waals surface area contributed by atoms with Crippen molar-refractivity contribution < 1.29 is 0 Å². The average Bonchev–Trinajstić information content (AvgIpc) is 4.39. The molecule has 0 fully saturated rings. The molecule has 0 radical (unpaired) electrons. The molecule has 0 unspecified atom stereocenters. The van der Waals surface area contributed by atoms with Crippen LogP contribution in [0.3, 0.4) is 0 Å². The molecular formula is C70H46N6. The molecule has 6 heteroatoms. The first-order valence-corrected chi connectivity index (χ1v) is 25.9. The Morgan fingerprint density at radius 1 is 0.342 bits per heavy atom. The highest BCUT2D eigenvalue weighted by molar-refractivity contribution is 6.27. The lowest BCUT2D eigenvalue weighted by Gasteiger charge is -2.27. The van der Waals surface area contributed by atoms with Gasteiger partial charge in [-0.25, -0.2) is 0 Å². The summed E-state index contributed by atoms with van der Waals surface area (Å²) in [6.07, 6.45) is 0. The predicted octanol–water partition coefficient (Wildman–Crippen LogP) is 17.9. The van der Waals surface area contributed by atoms with Crippen molar-refractivity contribution in [1.82, 2.24) is 18.3 Å². The Balaban J connectivity index is 1.26. The summed E-state index contributed by atoms with van der Waals surface area (Å²) in [5.41, 5.74) is 14.1. The van der Waals surface area contributed by atoms with Crippen molar-refractivity contribution in [3.05, 3.63) is 241 Å². The highest BCUT2D eigenvalue weighted by Gasteiger charge is 2.35. The van der Waals surface area contributed by atoms with Crippen LogP contribution in [0.2, 0.25) is 0 Å². The van der Waals surface area contributed by atoms with Crippen LogP contribution >= 0.6 is 0 Å². The number of rotatable bonds is 5. The molecule has 11 aromatic carbocycles. The second kappa shape index (κ2) is 16.2. The highest BCUT2D eigenvalue weighted by Crippen LogP contribution is 2.52. The molecule has 0 aliphatic heterocycles. The molecule has 0 bridgehead atoms. The van der Waals surface area contributed by atoms with Gasteiger partial charge in [-0.3, -0.25) is 0 Å². The number of nitrogens with zero attached hydrogens (tertiary/aromatic N) is 6. The standard InChI is InChI=1S/C70H46N6/c1-70(2,3)56-40-53-51-29-13-19-35-61(51)76(66(53)64-52-30-14-20-36-62(52)73(69(56)64)46-23-5-4-6-24-46)65-54(41-71)67(74-57-31-15-9-25-47(57)48-26-10-16-32-58(48)74)63(45-38-37-43-21-7-8-22-44(43)39-45)68(55(65)42-72)75-59-33-17-11-27-49(59)50-28-12-18-34-60(50)75/h4-40H,1-3H3.